The minimum atomic E-state index is -0.143. The van der Waals surface area contributed by atoms with Crippen LogP contribution in [0.25, 0.3) is 10.9 Å². The third-order valence-corrected chi connectivity index (χ3v) is 3.72. The van der Waals surface area contributed by atoms with Gasteiger partial charge in [0.05, 0.1) is 5.56 Å². The number of nitrogens with one attached hydrogen (secondary N) is 2. The first-order chi connectivity index (χ1) is 10.0. The van der Waals surface area contributed by atoms with Crippen LogP contribution in [0.2, 0.25) is 0 Å². The zero-order valence-electron chi connectivity index (χ0n) is 12.4. The number of fused-ring (bicyclic) bond motifs is 1. The fraction of sp³-hybridized carbons (Fsp3) is 0.118. The fourth-order valence-electron chi connectivity index (χ4n) is 2.34. The lowest BCUT2D eigenvalue weighted by atomic mass is 10.1. The van der Waals surface area contributed by atoms with Gasteiger partial charge in [-0.05, 0) is 55.3 Å². The van der Waals surface area contributed by atoms with Crippen LogP contribution in [0.1, 0.15) is 21.5 Å². The maximum Gasteiger partial charge on any atom is 0.257 e. The van der Waals surface area contributed by atoms with E-state index in [0.717, 1.165) is 22.2 Å². The number of hydrogen-bond donors (Lipinski definition) is 3. The molecule has 0 fully saturated rings. The Kier molecular flexibility index (Phi) is 4.43. The van der Waals surface area contributed by atoms with Crippen LogP contribution >= 0.6 is 12.4 Å². The molecule has 114 valence electrons. The predicted molar refractivity (Wildman–Crippen MR) is 93.8 cm³/mol. The highest BCUT2D eigenvalue weighted by Crippen LogP contribution is 2.22. The number of halogens is 1. The molecule has 0 radical (unpaired) electrons. The van der Waals surface area contributed by atoms with Crippen molar-refractivity contribution in [3.63, 3.8) is 0 Å². The van der Waals surface area contributed by atoms with E-state index >= 15 is 0 Å². The molecule has 0 bridgehead atoms. The van der Waals surface area contributed by atoms with Gasteiger partial charge >= 0.3 is 0 Å². The second kappa shape index (κ2) is 6.12. The summed E-state index contributed by atoms with van der Waals surface area (Å²) >= 11 is 0. The zero-order valence-corrected chi connectivity index (χ0v) is 13.3. The van der Waals surface area contributed by atoms with Gasteiger partial charge in [-0.15, -0.1) is 12.4 Å². The Morgan fingerprint density at radius 3 is 2.59 bits per heavy atom. The summed E-state index contributed by atoms with van der Waals surface area (Å²) in [6.45, 7) is 4.07. The molecule has 0 unspecified atom stereocenters. The normalized spacial score (nSPS) is 10.3. The molecule has 0 atom stereocenters. The van der Waals surface area contributed by atoms with Gasteiger partial charge in [0.1, 0.15) is 0 Å². The summed E-state index contributed by atoms with van der Waals surface area (Å²) in [5, 5.41) is 3.75. The second-order valence-electron chi connectivity index (χ2n) is 5.26. The number of H-pyrrole nitrogens is 1. The number of nitrogen functional groups attached to an aromatic ring is 1. The molecule has 3 aromatic rings. The van der Waals surface area contributed by atoms with Crippen molar-refractivity contribution < 1.29 is 4.79 Å². The summed E-state index contributed by atoms with van der Waals surface area (Å²) in [4.78, 5) is 15.5. The number of benzene rings is 2. The van der Waals surface area contributed by atoms with E-state index in [9.17, 15) is 4.79 Å². The molecule has 1 heterocycles. The van der Waals surface area contributed by atoms with Gasteiger partial charge < -0.3 is 16.0 Å². The molecule has 1 amide bonds. The van der Waals surface area contributed by atoms with E-state index in [4.69, 9.17) is 5.73 Å². The summed E-state index contributed by atoms with van der Waals surface area (Å²) in [6, 6.07) is 11.4. The smallest absolute Gasteiger partial charge is 0.257 e. The number of rotatable bonds is 2. The third kappa shape index (κ3) is 2.92. The van der Waals surface area contributed by atoms with Gasteiger partial charge in [0.25, 0.3) is 5.91 Å². The van der Waals surface area contributed by atoms with Crippen molar-refractivity contribution in [1.29, 1.82) is 0 Å². The first-order valence-electron chi connectivity index (χ1n) is 6.80. The molecule has 0 aliphatic heterocycles. The Morgan fingerprint density at radius 2 is 1.86 bits per heavy atom. The molecule has 2 aromatic carbocycles. The summed E-state index contributed by atoms with van der Waals surface area (Å²) in [5.41, 5.74) is 11.1. The Bertz CT molecular complexity index is 839. The van der Waals surface area contributed by atoms with Crippen LogP contribution < -0.4 is 11.1 Å². The summed E-state index contributed by atoms with van der Waals surface area (Å²) in [6.07, 6.45) is 1.71. The summed E-state index contributed by atoms with van der Waals surface area (Å²) < 4.78 is 0. The minimum Gasteiger partial charge on any atom is -0.399 e. The fourth-order valence-corrected chi connectivity index (χ4v) is 2.34. The van der Waals surface area contributed by atoms with E-state index in [1.54, 1.807) is 12.3 Å². The lowest BCUT2D eigenvalue weighted by molar-refractivity contribution is 0.102. The van der Waals surface area contributed by atoms with E-state index in [1.165, 1.54) is 5.56 Å². The molecule has 0 saturated carbocycles. The Balaban J connectivity index is 0.00000176. The average Bonchev–Trinajstić information content (AvgIpc) is 2.86. The third-order valence-electron chi connectivity index (χ3n) is 3.72. The van der Waals surface area contributed by atoms with Crippen molar-refractivity contribution >= 4 is 40.6 Å². The van der Waals surface area contributed by atoms with Crippen LogP contribution in [-0.2, 0) is 0 Å². The number of anilines is 2. The Morgan fingerprint density at radius 1 is 1.09 bits per heavy atom. The average molecular weight is 316 g/mol. The number of aromatic amines is 1. The Labute approximate surface area is 135 Å². The molecule has 0 aliphatic carbocycles. The van der Waals surface area contributed by atoms with Crippen LogP contribution in [0.15, 0.2) is 42.6 Å². The number of carbonyl (C=O) groups excluding carboxylic acids is 1. The van der Waals surface area contributed by atoms with E-state index in [2.05, 4.69) is 10.3 Å². The quantitative estimate of drug-likeness (QED) is 0.624. The Hall–Kier alpha value is -2.46. The highest BCUT2D eigenvalue weighted by Gasteiger charge is 2.12. The van der Waals surface area contributed by atoms with Gasteiger partial charge in [0.15, 0.2) is 0 Å². The number of amides is 1. The molecule has 0 spiro atoms. The van der Waals surface area contributed by atoms with Crippen molar-refractivity contribution in [3.8, 4) is 0 Å². The maximum absolute atomic E-state index is 12.4. The molecular formula is C17H18ClN3O. The van der Waals surface area contributed by atoms with Crippen LogP contribution in [0.3, 0.4) is 0 Å². The molecule has 0 aliphatic rings. The number of hydrogen-bond acceptors (Lipinski definition) is 2. The topological polar surface area (TPSA) is 70.9 Å². The molecule has 5 heteroatoms. The predicted octanol–water partition coefficient (Wildman–Crippen LogP) is 4.04. The highest BCUT2D eigenvalue weighted by atomic mass is 35.5. The first-order valence-corrected chi connectivity index (χ1v) is 6.80. The van der Waals surface area contributed by atoms with Crippen molar-refractivity contribution in [2.45, 2.75) is 13.8 Å². The molecule has 4 N–H and O–H groups in total. The van der Waals surface area contributed by atoms with E-state index in [1.807, 2.05) is 44.2 Å². The van der Waals surface area contributed by atoms with E-state index in [-0.39, 0.29) is 18.3 Å². The van der Waals surface area contributed by atoms with Crippen LogP contribution in [0.4, 0.5) is 11.4 Å². The number of carbonyl (C=O) groups is 1. The van der Waals surface area contributed by atoms with Crippen molar-refractivity contribution in [1.82, 2.24) is 4.98 Å². The largest absolute Gasteiger partial charge is 0.399 e. The standard InChI is InChI=1S/C17H17N3O.ClH/c1-10-3-5-13(7-11(10)2)20-17(21)15-9-19-16-6-4-12(18)8-14(15)16;/h3-9,19H,18H2,1-2H3,(H,20,21);1H. The summed E-state index contributed by atoms with van der Waals surface area (Å²) in [5.74, 6) is -0.143. The molecule has 0 saturated heterocycles. The van der Waals surface area contributed by atoms with Crippen LogP contribution in [-0.4, -0.2) is 10.9 Å². The van der Waals surface area contributed by atoms with Crippen molar-refractivity contribution in [2.24, 2.45) is 0 Å². The van der Waals surface area contributed by atoms with Crippen molar-refractivity contribution in [3.05, 3.63) is 59.3 Å². The maximum atomic E-state index is 12.4. The van der Waals surface area contributed by atoms with Gasteiger partial charge in [-0.3, -0.25) is 4.79 Å². The van der Waals surface area contributed by atoms with E-state index < -0.39 is 0 Å². The number of aromatic nitrogens is 1. The molecule has 1 aromatic heterocycles. The minimum absolute atomic E-state index is 0. The molecule has 3 rings (SSSR count). The van der Waals surface area contributed by atoms with Crippen LogP contribution in [0.5, 0.6) is 0 Å². The number of aryl methyl sites for hydroxylation is 2. The molecule has 22 heavy (non-hydrogen) atoms. The summed E-state index contributed by atoms with van der Waals surface area (Å²) in [7, 11) is 0. The van der Waals surface area contributed by atoms with Gasteiger partial charge in [-0.25, -0.2) is 0 Å². The first kappa shape index (κ1) is 15.9. The zero-order chi connectivity index (χ0) is 15.0. The molecule has 4 nitrogen and oxygen atoms in total. The van der Waals surface area contributed by atoms with Gasteiger partial charge in [-0.1, -0.05) is 6.07 Å². The highest BCUT2D eigenvalue weighted by molar-refractivity contribution is 6.13. The van der Waals surface area contributed by atoms with E-state index in [0.29, 0.717) is 11.3 Å². The van der Waals surface area contributed by atoms with Gasteiger partial charge in [0, 0.05) is 28.5 Å². The lowest BCUT2D eigenvalue weighted by Gasteiger charge is -2.07. The lowest BCUT2D eigenvalue weighted by Crippen LogP contribution is -2.11. The molecular weight excluding hydrogens is 298 g/mol. The SMILES string of the molecule is Cc1ccc(NC(=O)c2c[nH]c3ccc(N)cc23)cc1C.Cl. The van der Waals surface area contributed by atoms with Gasteiger partial charge in [0.2, 0.25) is 0 Å². The number of nitrogens with two attached hydrogens (primary N) is 1. The van der Waals surface area contributed by atoms with Gasteiger partial charge in [-0.2, -0.15) is 0 Å². The van der Waals surface area contributed by atoms with Crippen LogP contribution in [0, 0.1) is 13.8 Å². The second-order valence-corrected chi connectivity index (χ2v) is 5.26. The van der Waals surface area contributed by atoms with Crippen molar-refractivity contribution in [2.75, 3.05) is 11.1 Å². The monoisotopic (exact) mass is 315 g/mol.